The molecule has 0 aliphatic heterocycles. The van der Waals surface area contributed by atoms with E-state index < -0.39 is 20.2 Å². The van der Waals surface area contributed by atoms with Crippen LogP contribution in [0.25, 0.3) is 21.5 Å². The van der Waals surface area contributed by atoms with Crippen LogP contribution in [0.4, 0.5) is 0 Å². The second kappa shape index (κ2) is 34.4. The number of unbranched alkanes of at least 4 members (excludes halogenated alkanes) is 24. The number of fused-ring (bicyclic) bond motifs is 2. The van der Waals surface area contributed by atoms with E-state index in [0.717, 1.165) is 108 Å². The summed E-state index contributed by atoms with van der Waals surface area (Å²) in [6.45, 7) is 8.90. The Bertz CT molecular complexity index is 1960. The zero-order valence-electron chi connectivity index (χ0n) is 41.2. The zero-order chi connectivity index (χ0) is 46.5. The summed E-state index contributed by atoms with van der Waals surface area (Å²) in [4.78, 5) is 0.0280. The van der Waals surface area contributed by atoms with Gasteiger partial charge >= 0.3 is 27.3 Å². The van der Waals surface area contributed by atoms with Crippen molar-refractivity contribution in [2.24, 2.45) is 0 Å². The van der Waals surface area contributed by atoms with Crippen LogP contribution in [0.3, 0.4) is 0 Å². The summed E-state index contributed by atoms with van der Waals surface area (Å²) < 4.78 is 73.1. The van der Waals surface area contributed by atoms with E-state index >= 15 is 0 Å². The molecule has 6 nitrogen and oxygen atoms in total. The van der Waals surface area contributed by atoms with Gasteiger partial charge in [-0.25, -0.2) is 16.8 Å². The number of rotatable bonds is 34. The average molecular weight is 1130 g/mol. The molecule has 9 heteroatoms. The molecule has 0 spiro atoms. The van der Waals surface area contributed by atoms with Gasteiger partial charge in [-0.3, -0.25) is 0 Å². The Morgan fingerprint density at radius 2 is 0.569 bits per heavy atom. The fourth-order valence-corrected chi connectivity index (χ4v) is 11.1. The van der Waals surface area contributed by atoms with Crippen molar-refractivity contribution >= 4 is 69.1 Å². The van der Waals surface area contributed by atoms with Gasteiger partial charge in [0, 0.05) is 0 Å². The largest absolute Gasteiger partial charge is 2.00 e. The Hall–Kier alpha value is -1.86. The van der Waals surface area contributed by atoms with E-state index in [-0.39, 0.29) is 37.1 Å². The molecule has 0 atom stereocenters. The molecule has 2 radical (unpaired) electrons. The van der Waals surface area contributed by atoms with Gasteiger partial charge in [0.1, 0.15) is 20.2 Å². The molecular weight excluding hydrogens is 1040 g/mol. The number of hydrogen-bond donors (Lipinski definition) is 0. The van der Waals surface area contributed by atoms with Gasteiger partial charge in [-0.1, -0.05) is 230 Å². The van der Waals surface area contributed by atoms with Crippen molar-refractivity contribution in [2.75, 3.05) is 0 Å². The van der Waals surface area contributed by atoms with Gasteiger partial charge in [0.05, 0.1) is 9.79 Å². The quantitative estimate of drug-likeness (QED) is 0.0261. The Labute approximate surface area is 418 Å². The van der Waals surface area contributed by atoms with E-state index in [1.165, 1.54) is 128 Å². The first-order chi connectivity index (χ1) is 31.0. The Kier molecular flexibility index (Phi) is 31.4. The molecule has 4 rings (SSSR count). The van der Waals surface area contributed by atoms with Crippen LogP contribution in [0.5, 0.6) is 0 Å². The van der Waals surface area contributed by atoms with Crippen LogP contribution in [-0.4, -0.2) is 53.2 Å². The van der Waals surface area contributed by atoms with E-state index in [4.69, 9.17) is 0 Å². The molecule has 0 saturated heterocycles. The fraction of sp³-hybridized carbons (Fsp3) is 0.643. The second-order valence-corrected chi connectivity index (χ2v) is 21.2. The van der Waals surface area contributed by atoms with Gasteiger partial charge in [-0.05, 0) is 107 Å². The van der Waals surface area contributed by atoms with Gasteiger partial charge in [-0.15, -0.1) is 0 Å². The normalized spacial score (nSPS) is 11.8. The van der Waals surface area contributed by atoms with Crippen molar-refractivity contribution in [1.82, 2.24) is 0 Å². The van der Waals surface area contributed by atoms with Gasteiger partial charge in [0.15, 0.2) is 0 Å². The molecule has 0 aliphatic rings. The Morgan fingerprint density at radius 1 is 0.338 bits per heavy atom. The standard InChI is InChI=1S/2C28H44O3S.Pb/c2*1-3-5-7-9-11-13-15-21-26-25-20-18-17-19-24(25)23-28(32(29,30)31)27(26)22-16-14-12-10-8-6-4-2;/h2*17-20,23H,3-16,21-22H2,1-2H3,(H,29,30,31);/q;;+2/p-2. The Morgan fingerprint density at radius 3 is 0.831 bits per heavy atom. The van der Waals surface area contributed by atoms with E-state index in [1.807, 2.05) is 36.4 Å². The average Bonchev–Trinajstić information content (AvgIpc) is 3.27. The zero-order valence-corrected chi connectivity index (χ0v) is 46.7. The van der Waals surface area contributed by atoms with Crippen molar-refractivity contribution in [2.45, 2.75) is 243 Å². The molecule has 0 bridgehead atoms. The first-order valence-electron chi connectivity index (χ1n) is 26.0. The van der Waals surface area contributed by atoms with Crippen molar-refractivity contribution in [3.05, 3.63) is 82.9 Å². The van der Waals surface area contributed by atoms with Gasteiger partial charge in [0.25, 0.3) is 0 Å². The third-order valence-corrected chi connectivity index (χ3v) is 14.9. The first kappa shape index (κ1) is 59.3. The SMILES string of the molecule is CCCCCCCCCc1c(S(=O)(=O)[O-])cc2ccccc2c1CCCCCCCCC.CCCCCCCCCc1c(S(=O)(=O)[O-])cc2ccccc2c1CCCCCCCCC.[Pb+2]. The summed E-state index contributed by atoms with van der Waals surface area (Å²) in [5.74, 6) is 0. The Balaban J connectivity index is 0.000000440. The van der Waals surface area contributed by atoms with Crippen LogP contribution in [0.1, 0.15) is 230 Å². The molecule has 0 saturated carbocycles. The predicted molar refractivity (Wildman–Crippen MR) is 276 cm³/mol. The van der Waals surface area contributed by atoms with Crippen LogP contribution < -0.4 is 0 Å². The fourth-order valence-electron chi connectivity index (χ4n) is 9.48. The molecule has 0 N–H and O–H groups in total. The van der Waals surface area contributed by atoms with Crippen LogP contribution in [-0.2, 0) is 45.9 Å². The molecular formula is C56H86O6PbS2. The number of benzene rings is 4. The molecule has 0 aromatic heterocycles. The molecule has 0 fully saturated rings. The maximum atomic E-state index is 12.2. The van der Waals surface area contributed by atoms with Crippen LogP contribution in [0, 0.1) is 0 Å². The van der Waals surface area contributed by atoms with Crippen molar-refractivity contribution in [3.63, 3.8) is 0 Å². The maximum Gasteiger partial charge on any atom is 2.00 e. The minimum atomic E-state index is -4.50. The minimum absolute atomic E-state index is 0. The number of hydrogen-bond acceptors (Lipinski definition) is 6. The van der Waals surface area contributed by atoms with Gasteiger partial charge < -0.3 is 9.11 Å². The summed E-state index contributed by atoms with van der Waals surface area (Å²) in [5.41, 5.74) is 3.77. The smallest absolute Gasteiger partial charge is 0.744 e. The van der Waals surface area contributed by atoms with E-state index in [9.17, 15) is 25.9 Å². The third-order valence-electron chi connectivity index (χ3n) is 13.1. The van der Waals surface area contributed by atoms with Crippen molar-refractivity contribution in [1.29, 1.82) is 0 Å². The summed E-state index contributed by atoms with van der Waals surface area (Å²) >= 11 is 0. The van der Waals surface area contributed by atoms with Crippen LogP contribution in [0.2, 0.25) is 0 Å². The van der Waals surface area contributed by atoms with E-state index in [2.05, 4.69) is 39.8 Å². The maximum absolute atomic E-state index is 12.2. The molecule has 0 aliphatic carbocycles. The molecule has 4 aromatic carbocycles. The second-order valence-electron chi connectivity index (χ2n) is 18.5. The summed E-state index contributed by atoms with van der Waals surface area (Å²) in [7, 11) is -9.00. The predicted octanol–water partition coefficient (Wildman–Crippen LogP) is 16.3. The third kappa shape index (κ3) is 22.4. The molecule has 362 valence electrons. The molecule has 0 amide bonds. The summed E-state index contributed by atoms with van der Waals surface area (Å²) in [5, 5.41) is 3.96. The molecule has 0 unspecified atom stereocenters. The number of aryl methyl sites for hydroxylation is 2. The van der Waals surface area contributed by atoms with E-state index in [1.54, 1.807) is 12.1 Å². The van der Waals surface area contributed by atoms with Crippen molar-refractivity contribution < 1.29 is 25.9 Å². The molecule has 4 aromatic rings. The summed E-state index contributed by atoms with van der Waals surface area (Å²) in [6.07, 6.45) is 36.7. The molecule has 65 heavy (non-hydrogen) atoms. The first-order valence-corrected chi connectivity index (χ1v) is 28.8. The van der Waals surface area contributed by atoms with Crippen molar-refractivity contribution in [3.8, 4) is 0 Å². The van der Waals surface area contributed by atoms with Gasteiger partial charge in [0.2, 0.25) is 0 Å². The topological polar surface area (TPSA) is 114 Å². The minimum Gasteiger partial charge on any atom is -0.744 e. The summed E-state index contributed by atoms with van der Waals surface area (Å²) in [6, 6.07) is 19.1. The van der Waals surface area contributed by atoms with E-state index in [0.29, 0.717) is 12.8 Å². The molecule has 0 heterocycles. The van der Waals surface area contributed by atoms with Crippen LogP contribution >= 0.6 is 0 Å². The monoisotopic (exact) mass is 1130 g/mol. The van der Waals surface area contributed by atoms with Gasteiger partial charge in [-0.2, -0.15) is 0 Å². The van der Waals surface area contributed by atoms with Crippen LogP contribution in [0.15, 0.2) is 70.5 Å².